The number of tetrazole rings is 1. The first-order valence-electron chi connectivity index (χ1n) is 8.94. The van der Waals surface area contributed by atoms with Crippen molar-refractivity contribution in [3.05, 3.63) is 41.7 Å². The molecule has 1 amide bonds. The molecule has 1 aromatic carbocycles. The average molecular weight is 389 g/mol. The fourth-order valence-electron chi connectivity index (χ4n) is 2.32. The molecular formula is C18H23N5O5. The van der Waals surface area contributed by atoms with Gasteiger partial charge in [-0.1, -0.05) is 37.3 Å². The van der Waals surface area contributed by atoms with E-state index < -0.39 is 18.1 Å². The summed E-state index contributed by atoms with van der Waals surface area (Å²) in [6, 6.07) is 8.47. The molecule has 2 rings (SSSR count). The van der Waals surface area contributed by atoms with Crippen LogP contribution in [0.25, 0.3) is 0 Å². The Bertz CT molecular complexity index is 793. The Kier molecular flexibility index (Phi) is 8.07. The predicted octanol–water partition coefficient (Wildman–Crippen LogP) is 1.05. The van der Waals surface area contributed by atoms with E-state index in [2.05, 4.69) is 20.7 Å². The molecular weight excluding hydrogens is 366 g/mol. The number of benzene rings is 1. The zero-order valence-electron chi connectivity index (χ0n) is 15.8. The molecule has 0 spiro atoms. The lowest BCUT2D eigenvalue weighted by Crippen LogP contribution is -2.42. The average Bonchev–Trinajstić information content (AvgIpc) is 3.11. The Balaban J connectivity index is 1.83. The fourth-order valence-corrected chi connectivity index (χ4v) is 2.32. The summed E-state index contributed by atoms with van der Waals surface area (Å²) in [4.78, 5) is 36.8. The quantitative estimate of drug-likeness (QED) is 0.598. The Hall–Kier alpha value is -3.30. The van der Waals surface area contributed by atoms with E-state index >= 15 is 0 Å². The molecule has 1 N–H and O–H groups in total. The summed E-state index contributed by atoms with van der Waals surface area (Å²) < 4.78 is 9.93. The number of hydrogen-bond acceptors (Lipinski definition) is 8. The number of esters is 1. The number of aromatic nitrogens is 4. The monoisotopic (exact) mass is 389 g/mol. The van der Waals surface area contributed by atoms with Crippen molar-refractivity contribution in [2.45, 2.75) is 45.9 Å². The molecule has 10 nitrogen and oxygen atoms in total. The maximum absolute atomic E-state index is 12.4. The second kappa shape index (κ2) is 10.8. The Labute approximate surface area is 162 Å². The Morgan fingerprint density at radius 3 is 2.57 bits per heavy atom. The molecule has 0 saturated carbocycles. The van der Waals surface area contributed by atoms with Crippen molar-refractivity contribution in [1.82, 2.24) is 25.5 Å². The third kappa shape index (κ3) is 6.78. The van der Waals surface area contributed by atoms with Gasteiger partial charge in [-0.05, 0) is 24.1 Å². The van der Waals surface area contributed by atoms with Crippen molar-refractivity contribution in [2.24, 2.45) is 0 Å². The zero-order valence-corrected chi connectivity index (χ0v) is 15.8. The van der Waals surface area contributed by atoms with E-state index in [1.165, 1.54) is 0 Å². The summed E-state index contributed by atoms with van der Waals surface area (Å²) in [6.45, 7) is 3.65. The van der Waals surface area contributed by atoms with Gasteiger partial charge in [-0.3, -0.25) is 9.59 Å². The number of nitrogens with zero attached hydrogens (tertiary/aromatic N) is 4. The Morgan fingerprint density at radius 1 is 1.14 bits per heavy atom. The van der Waals surface area contributed by atoms with E-state index in [1.807, 2.05) is 30.3 Å². The molecule has 1 heterocycles. The van der Waals surface area contributed by atoms with Crippen molar-refractivity contribution in [3.63, 3.8) is 0 Å². The lowest BCUT2D eigenvalue weighted by Gasteiger charge is -2.15. The van der Waals surface area contributed by atoms with Crippen molar-refractivity contribution in [1.29, 1.82) is 0 Å². The minimum atomic E-state index is -0.747. The molecule has 1 aromatic heterocycles. The second-order valence-electron chi connectivity index (χ2n) is 5.85. The first kappa shape index (κ1) is 21.0. The van der Waals surface area contributed by atoms with E-state index in [1.54, 1.807) is 13.8 Å². The molecule has 2 aromatic rings. The van der Waals surface area contributed by atoms with Crippen LogP contribution >= 0.6 is 0 Å². The predicted molar refractivity (Wildman–Crippen MR) is 97.0 cm³/mol. The molecule has 0 aliphatic heterocycles. The molecule has 0 saturated heterocycles. The third-order valence-electron chi connectivity index (χ3n) is 3.70. The number of carbonyl (C=O) groups is 3. The standard InChI is InChI=1S/C18H23N5O5/c1-3-14(19-18(26)28-12-13-8-6-5-7-9-13)15(24)11-23-21-16(20-22-23)10-17(25)27-4-2/h5-9,14H,3-4,10-12H2,1-2H3,(H,19,26). The van der Waals surface area contributed by atoms with E-state index in [4.69, 9.17) is 9.47 Å². The topological polar surface area (TPSA) is 125 Å². The summed E-state index contributed by atoms with van der Waals surface area (Å²) in [6.07, 6.45) is -0.425. The lowest BCUT2D eigenvalue weighted by atomic mass is 10.1. The first-order valence-corrected chi connectivity index (χ1v) is 8.94. The normalized spacial score (nSPS) is 11.5. The second-order valence-corrected chi connectivity index (χ2v) is 5.85. The lowest BCUT2D eigenvalue weighted by molar-refractivity contribution is -0.142. The van der Waals surface area contributed by atoms with Gasteiger partial charge >= 0.3 is 12.1 Å². The number of ketones is 1. The third-order valence-corrected chi connectivity index (χ3v) is 3.70. The smallest absolute Gasteiger partial charge is 0.408 e. The van der Waals surface area contributed by atoms with Crippen LogP contribution < -0.4 is 5.32 Å². The van der Waals surface area contributed by atoms with Crippen LogP contribution in [0.3, 0.4) is 0 Å². The van der Waals surface area contributed by atoms with Crippen LogP contribution in [-0.2, 0) is 38.6 Å². The Morgan fingerprint density at radius 2 is 1.89 bits per heavy atom. The number of alkyl carbamates (subject to hydrolysis) is 1. The van der Waals surface area contributed by atoms with Crippen molar-refractivity contribution >= 4 is 17.8 Å². The highest BCUT2D eigenvalue weighted by Crippen LogP contribution is 2.02. The largest absolute Gasteiger partial charge is 0.466 e. The van der Waals surface area contributed by atoms with Crippen LogP contribution in [0.1, 0.15) is 31.7 Å². The van der Waals surface area contributed by atoms with Crippen LogP contribution in [0.15, 0.2) is 30.3 Å². The van der Waals surface area contributed by atoms with Crippen LogP contribution in [0.5, 0.6) is 0 Å². The maximum atomic E-state index is 12.4. The van der Waals surface area contributed by atoms with Gasteiger partial charge in [0.05, 0.1) is 12.6 Å². The SMILES string of the molecule is CCOC(=O)Cc1nnn(CC(=O)C(CC)NC(=O)OCc2ccccc2)n1. The van der Waals surface area contributed by atoms with Crippen LogP contribution in [0.4, 0.5) is 4.79 Å². The molecule has 0 aliphatic carbocycles. The van der Waals surface area contributed by atoms with Crippen LogP contribution in [0, 0.1) is 0 Å². The highest BCUT2D eigenvalue weighted by atomic mass is 16.5. The number of nitrogens with one attached hydrogen (secondary N) is 1. The highest BCUT2D eigenvalue weighted by molar-refractivity contribution is 5.87. The van der Waals surface area contributed by atoms with Crippen LogP contribution in [0.2, 0.25) is 0 Å². The maximum Gasteiger partial charge on any atom is 0.408 e. The van der Waals surface area contributed by atoms with Crippen LogP contribution in [-0.4, -0.2) is 50.7 Å². The van der Waals surface area contributed by atoms with Crippen molar-refractivity contribution in [2.75, 3.05) is 6.61 Å². The van der Waals surface area contributed by atoms with Gasteiger partial charge in [0.1, 0.15) is 19.6 Å². The van der Waals surface area contributed by atoms with Gasteiger partial charge in [-0.2, -0.15) is 4.80 Å². The van der Waals surface area contributed by atoms with Gasteiger partial charge < -0.3 is 14.8 Å². The molecule has 0 bridgehead atoms. The van der Waals surface area contributed by atoms with Crippen molar-refractivity contribution in [3.8, 4) is 0 Å². The van der Waals surface area contributed by atoms with E-state index in [-0.39, 0.29) is 37.8 Å². The molecule has 28 heavy (non-hydrogen) atoms. The minimum Gasteiger partial charge on any atom is -0.466 e. The highest BCUT2D eigenvalue weighted by Gasteiger charge is 2.21. The molecule has 1 unspecified atom stereocenters. The fraction of sp³-hybridized carbons (Fsp3) is 0.444. The summed E-state index contributed by atoms with van der Waals surface area (Å²) in [5.74, 6) is -0.614. The van der Waals surface area contributed by atoms with Crippen molar-refractivity contribution < 1.29 is 23.9 Å². The number of rotatable bonds is 10. The van der Waals surface area contributed by atoms with Gasteiger partial charge in [-0.25, -0.2) is 4.79 Å². The minimum absolute atomic E-state index is 0.110. The molecule has 0 aliphatic rings. The summed E-state index contributed by atoms with van der Waals surface area (Å²) >= 11 is 0. The van der Waals surface area contributed by atoms with Gasteiger partial charge in [0, 0.05) is 0 Å². The summed E-state index contributed by atoms with van der Waals surface area (Å²) in [5, 5.41) is 14.0. The number of carbonyl (C=O) groups excluding carboxylic acids is 3. The number of hydrogen-bond donors (Lipinski definition) is 1. The van der Waals surface area contributed by atoms with E-state index in [0.29, 0.717) is 6.42 Å². The van der Waals surface area contributed by atoms with E-state index in [9.17, 15) is 14.4 Å². The molecule has 1 atom stereocenters. The number of ether oxygens (including phenoxy) is 2. The zero-order chi connectivity index (χ0) is 20.4. The van der Waals surface area contributed by atoms with Gasteiger partial charge in [0.2, 0.25) is 0 Å². The molecule has 150 valence electrons. The summed E-state index contributed by atoms with van der Waals surface area (Å²) in [5.41, 5.74) is 0.845. The van der Waals surface area contributed by atoms with Gasteiger partial charge in [0.25, 0.3) is 0 Å². The number of amides is 1. The molecule has 0 fully saturated rings. The molecule has 0 radical (unpaired) electrons. The van der Waals surface area contributed by atoms with E-state index in [0.717, 1.165) is 10.4 Å². The first-order chi connectivity index (χ1) is 13.5. The number of Topliss-reactive ketones (excluding diaryl/α,β-unsaturated/α-hetero) is 1. The van der Waals surface area contributed by atoms with Gasteiger partial charge in [-0.15, -0.1) is 10.2 Å². The summed E-state index contributed by atoms with van der Waals surface area (Å²) in [7, 11) is 0. The molecule has 10 heteroatoms. The van der Waals surface area contributed by atoms with Gasteiger partial charge in [0.15, 0.2) is 11.6 Å².